The van der Waals surface area contributed by atoms with E-state index < -0.39 is 21.6 Å². The summed E-state index contributed by atoms with van der Waals surface area (Å²) < 4.78 is 60.7. The largest absolute Gasteiger partial charge is 0.416 e. The molecule has 1 aliphatic rings. The third kappa shape index (κ3) is 4.86. The minimum Gasteiger partial charge on any atom is -0.385 e. The highest BCUT2D eigenvalue weighted by molar-refractivity contribution is 7.91. The fraction of sp³-hybridized carbons (Fsp3) is 0.533. The van der Waals surface area contributed by atoms with E-state index in [1.807, 2.05) is 0 Å². The van der Waals surface area contributed by atoms with Crippen LogP contribution in [0.1, 0.15) is 18.4 Å². The summed E-state index contributed by atoms with van der Waals surface area (Å²) in [6.45, 7) is 0.171. The van der Waals surface area contributed by atoms with Crippen molar-refractivity contribution in [2.75, 3.05) is 30.4 Å². The first-order chi connectivity index (χ1) is 11.1. The van der Waals surface area contributed by atoms with Crippen LogP contribution in [-0.4, -0.2) is 50.4 Å². The Kier molecular flexibility index (Phi) is 5.42. The first kappa shape index (κ1) is 18.6. The van der Waals surface area contributed by atoms with Gasteiger partial charge in [-0.25, -0.2) is 8.42 Å². The van der Waals surface area contributed by atoms with Crippen LogP contribution in [0.2, 0.25) is 0 Å². The van der Waals surface area contributed by atoms with E-state index in [2.05, 4.69) is 5.32 Å². The molecule has 1 amide bonds. The number of hydrogen-bond donors (Lipinski definition) is 1. The highest BCUT2D eigenvalue weighted by Crippen LogP contribution is 2.30. The Morgan fingerprint density at radius 2 is 2.08 bits per heavy atom. The zero-order chi connectivity index (χ0) is 18.0. The quantitative estimate of drug-likeness (QED) is 0.870. The van der Waals surface area contributed by atoms with Crippen molar-refractivity contribution in [2.24, 2.45) is 0 Å². The van der Waals surface area contributed by atoms with E-state index in [1.165, 1.54) is 17.0 Å². The standard InChI is InChI=1S/C15H19F3N2O3S/c1-20(13-6-8-24(22,23)10-13)14(21)5-7-19-12-4-2-3-11(9-12)15(16,17)18/h2-4,9,13,19H,5-8,10H2,1H3. The molecule has 24 heavy (non-hydrogen) atoms. The summed E-state index contributed by atoms with van der Waals surface area (Å²) in [5.74, 6) is -0.190. The molecule has 0 aromatic heterocycles. The van der Waals surface area contributed by atoms with Crippen molar-refractivity contribution in [1.82, 2.24) is 4.90 Å². The number of nitrogens with one attached hydrogen (secondary N) is 1. The number of benzene rings is 1. The number of alkyl halides is 3. The maximum Gasteiger partial charge on any atom is 0.416 e. The van der Waals surface area contributed by atoms with Gasteiger partial charge in [0.05, 0.1) is 17.1 Å². The van der Waals surface area contributed by atoms with Crippen molar-refractivity contribution in [3.63, 3.8) is 0 Å². The van der Waals surface area contributed by atoms with Gasteiger partial charge in [-0.15, -0.1) is 0 Å². The van der Waals surface area contributed by atoms with E-state index in [1.54, 1.807) is 7.05 Å². The fourth-order valence-corrected chi connectivity index (χ4v) is 4.35. The molecule has 1 aliphatic heterocycles. The molecule has 0 saturated carbocycles. The molecular weight excluding hydrogens is 345 g/mol. The van der Waals surface area contributed by atoms with Crippen molar-refractivity contribution in [2.45, 2.75) is 25.1 Å². The first-order valence-corrected chi connectivity index (χ1v) is 9.28. The number of sulfone groups is 1. The van der Waals surface area contributed by atoms with Gasteiger partial charge in [0, 0.05) is 31.7 Å². The summed E-state index contributed by atoms with van der Waals surface area (Å²) in [5, 5.41) is 2.78. The lowest BCUT2D eigenvalue weighted by Crippen LogP contribution is -2.38. The topological polar surface area (TPSA) is 66.5 Å². The molecule has 2 rings (SSSR count). The molecule has 0 radical (unpaired) electrons. The minimum atomic E-state index is -4.41. The molecule has 1 heterocycles. The Labute approximate surface area is 138 Å². The number of amides is 1. The molecule has 5 nitrogen and oxygen atoms in total. The lowest BCUT2D eigenvalue weighted by Gasteiger charge is -2.23. The van der Waals surface area contributed by atoms with Crippen LogP contribution in [0, 0.1) is 0 Å². The predicted octanol–water partition coefficient (Wildman–Crippen LogP) is 2.15. The van der Waals surface area contributed by atoms with Crippen LogP contribution in [0.4, 0.5) is 18.9 Å². The van der Waals surface area contributed by atoms with Crippen molar-refractivity contribution in [3.05, 3.63) is 29.8 Å². The molecule has 0 spiro atoms. The maximum absolute atomic E-state index is 12.6. The second-order valence-electron chi connectivity index (χ2n) is 5.82. The predicted molar refractivity (Wildman–Crippen MR) is 84.4 cm³/mol. The van der Waals surface area contributed by atoms with Crippen molar-refractivity contribution >= 4 is 21.4 Å². The molecule has 134 valence electrons. The van der Waals surface area contributed by atoms with Crippen molar-refractivity contribution < 1.29 is 26.4 Å². The number of carbonyl (C=O) groups is 1. The minimum absolute atomic E-state index is 0.0315. The first-order valence-electron chi connectivity index (χ1n) is 7.46. The highest BCUT2D eigenvalue weighted by atomic mass is 32.2. The fourth-order valence-electron chi connectivity index (χ4n) is 2.58. The normalized spacial score (nSPS) is 19.9. The molecule has 1 aromatic rings. The molecule has 0 aliphatic carbocycles. The molecule has 1 atom stereocenters. The summed E-state index contributed by atoms with van der Waals surface area (Å²) in [6.07, 6.45) is -3.92. The Hall–Kier alpha value is -1.77. The van der Waals surface area contributed by atoms with Gasteiger partial charge < -0.3 is 10.2 Å². The molecule has 9 heteroatoms. The smallest absolute Gasteiger partial charge is 0.385 e. The highest BCUT2D eigenvalue weighted by Gasteiger charge is 2.32. The van der Waals surface area contributed by atoms with E-state index in [-0.39, 0.29) is 42.1 Å². The van der Waals surface area contributed by atoms with Crippen LogP contribution in [0.3, 0.4) is 0 Å². The second kappa shape index (κ2) is 7.00. The molecule has 1 fully saturated rings. The van der Waals surface area contributed by atoms with Gasteiger partial charge in [0.1, 0.15) is 0 Å². The number of hydrogen-bond acceptors (Lipinski definition) is 4. The van der Waals surface area contributed by atoms with E-state index in [9.17, 15) is 26.4 Å². The zero-order valence-electron chi connectivity index (χ0n) is 13.1. The Bertz CT molecular complexity index is 704. The van der Waals surface area contributed by atoms with Crippen molar-refractivity contribution in [3.8, 4) is 0 Å². The van der Waals surface area contributed by atoms with Crippen LogP contribution in [0.5, 0.6) is 0 Å². The Morgan fingerprint density at radius 1 is 1.38 bits per heavy atom. The third-order valence-electron chi connectivity index (χ3n) is 4.01. The summed E-state index contributed by atoms with van der Waals surface area (Å²) in [7, 11) is -1.52. The average Bonchev–Trinajstić information content (AvgIpc) is 2.86. The summed E-state index contributed by atoms with van der Waals surface area (Å²) in [6, 6.07) is 4.42. The van der Waals surface area contributed by atoms with Crippen LogP contribution in [-0.2, 0) is 20.8 Å². The maximum atomic E-state index is 12.6. The van der Waals surface area contributed by atoms with Crippen LogP contribution >= 0.6 is 0 Å². The Balaban J connectivity index is 1.85. The van der Waals surface area contributed by atoms with Gasteiger partial charge in [-0.3, -0.25) is 4.79 Å². The molecule has 1 aromatic carbocycles. The van der Waals surface area contributed by atoms with E-state index >= 15 is 0 Å². The van der Waals surface area contributed by atoms with Gasteiger partial charge in [0.25, 0.3) is 0 Å². The number of halogens is 3. The number of anilines is 1. The SMILES string of the molecule is CN(C(=O)CCNc1cccc(C(F)(F)F)c1)C1CCS(=O)(=O)C1. The third-order valence-corrected chi connectivity index (χ3v) is 5.76. The van der Waals surface area contributed by atoms with Crippen LogP contribution in [0.25, 0.3) is 0 Å². The Morgan fingerprint density at radius 3 is 2.67 bits per heavy atom. The van der Waals surface area contributed by atoms with Crippen LogP contribution < -0.4 is 5.32 Å². The molecular formula is C15H19F3N2O3S. The van der Waals surface area contributed by atoms with Gasteiger partial charge in [-0.1, -0.05) is 6.07 Å². The number of nitrogens with zero attached hydrogens (tertiary/aromatic N) is 1. The average molecular weight is 364 g/mol. The molecule has 1 unspecified atom stereocenters. The van der Waals surface area contributed by atoms with Crippen LogP contribution in [0.15, 0.2) is 24.3 Å². The van der Waals surface area contributed by atoms with Gasteiger partial charge in [-0.05, 0) is 24.6 Å². The number of carbonyl (C=O) groups excluding carboxylic acids is 1. The van der Waals surface area contributed by atoms with Gasteiger partial charge >= 0.3 is 6.18 Å². The molecule has 0 bridgehead atoms. The summed E-state index contributed by atoms with van der Waals surface area (Å²) in [5.41, 5.74) is -0.476. The van der Waals surface area contributed by atoms with E-state index in [4.69, 9.17) is 0 Å². The zero-order valence-corrected chi connectivity index (χ0v) is 14.0. The van der Waals surface area contributed by atoms with Gasteiger partial charge in [0.2, 0.25) is 5.91 Å². The van der Waals surface area contributed by atoms with Gasteiger partial charge in [-0.2, -0.15) is 13.2 Å². The summed E-state index contributed by atoms with van der Waals surface area (Å²) in [4.78, 5) is 13.5. The molecule has 1 saturated heterocycles. The van der Waals surface area contributed by atoms with E-state index in [0.29, 0.717) is 6.42 Å². The van der Waals surface area contributed by atoms with Gasteiger partial charge in [0.15, 0.2) is 9.84 Å². The number of rotatable bonds is 5. The second-order valence-corrected chi connectivity index (χ2v) is 8.05. The lowest BCUT2D eigenvalue weighted by molar-refractivity contribution is -0.137. The van der Waals surface area contributed by atoms with Crippen molar-refractivity contribution in [1.29, 1.82) is 0 Å². The van der Waals surface area contributed by atoms with E-state index in [0.717, 1.165) is 12.1 Å². The molecule has 1 N–H and O–H groups in total. The lowest BCUT2D eigenvalue weighted by atomic mass is 10.2. The summed E-state index contributed by atoms with van der Waals surface area (Å²) >= 11 is 0. The monoisotopic (exact) mass is 364 g/mol.